The molecule has 2 aromatic carbocycles. The van der Waals surface area contributed by atoms with Crippen molar-refractivity contribution in [1.29, 1.82) is 0 Å². The molecule has 0 aliphatic rings. The largest absolute Gasteiger partial charge is 0.481 e. The predicted molar refractivity (Wildman–Crippen MR) is 98.1 cm³/mol. The van der Waals surface area contributed by atoms with Crippen molar-refractivity contribution in [3.8, 4) is 5.75 Å². The van der Waals surface area contributed by atoms with Gasteiger partial charge in [0.1, 0.15) is 5.75 Å². The number of amides is 2. The quantitative estimate of drug-likeness (QED) is 0.800. The maximum atomic E-state index is 12.3. The lowest BCUT2D eigenvalue weighted by Crippen LogP contribution is -2.37. The minimum Gasteiger partial charge on any atom is -0.481 e. The van der Waals surface area contributed by atoms with Crippen molar-refractivity contribution in [2.45, 2.75) is 26.0 Å². The van der Waals surface area contributed by atoms with Gasteiger partial charge in [-0.05, 0) is 55.8 Å². The molecule has 0 radical (unpaired) electrons. The van der Waals surface area contributed by atoms with E-state index in [1.165, 1.54) is 0 Å². The molecule has 0 aliphatic carbocycles. The first-order valence-corrected chi connectivity index (χ1v) is 8.35. The van der Waals surface area contributed by atoms with Gasteiger partial charge in [-0.3, -0.25) is 9.59 Å². The number of carbonyl (C=O) groups excluding carboxylic acids is 2. The van der Waals surface area contributed by atoms with E-state index in [0.29, 0.717) is 21.4 Å². The molecule has 0 unspecified atom stereocenters. The normalized spacial score (nSPS) is 13.0. The lowest BCUT2D eigenvalue weighted by Gasteiger charge is -2.20. The molecular formula is C18H18Cl2N2O3. The zero-order valence-electron chi connectivity index (χ0n) is 13.8. The Labute approximate surface area is 156 Å². The second kappa shape index (κ2) is 8.23. The van der Waals surface area contributed by atoms with Crippen LogP contribution in [0, 0.1) is 0 Å². The van der Waals surface area contributed by atoms with E-state index in [1.54, 1.807) is 49.4 Å². The summed E-state index contributed by atoms with van der Waals surface area (Å²) in [6.45, 7) is 3.45. The molecule has 0 aliphatic heterocycles. The van der Waals surface area contributed by atoms with Gasteiger partial charge in [0.15, 0.2) is 6.10 Å². The number of hydrogen-bond acceptors (Lipinski definition) is 3. The van der Waals surface area contributed by atoms with Crippen LogP contribution in [0.2, 0.25) is 10.0 Å². The van der Waals surface area contributed by atoms with Gasteiger partial charge in [-0.1, -0.05) is 29.3 Å². The third-order valence-electron chi connectivity index (χ3n) is 3.61. The summed E-state index contributed by atoms with van der Waals surface area (Å²) >= 11 is 12.0. The number of hydrogen-bond donors (Lipinski definition) is 2. The number of benzene rings is 2. The van der Waals surface area contributed by atoms with Gasteiger partial charge in [0.05, 0.1) is 6.04 Å². The van der Waals surface area contributed by atoms with Crippen molar-refractivity contribution in [3.63, 3.8) is 0 Å². The first-order valence-electron chi connectivity index (χ1n) is 7.59. The topological polar surface area (TPSA) is 81.4 Å². The summed E-state index contributed by atoms with van der Waals surface area (Å²) in [5, 5.41) is 3.85. The molecule has 2 amide bonds. The van der Waals surface area contributed by atoms with Crippen molar-refractivity contribution >= 4 is 35.0 Å². The number of nitrogens with two attached hydrogens (primary N) is 1. The van der Waals surface area contributed by atoms with Crippen molar-refractivity contribution in [2.75, 3.05) is 0 Å². The van der Waals surface area contributed by atoms with E-state index in [-0.39, 0.29) is 11.9 Å². The molecule has 3 N–H and O–H groups in total. The fourth-order valence-corrected chi connectivity index (χ4v) is 2.79. The van der Waals surface area contributed by atoms with Crippen LogP contribution in [0.25, 0.3) is 0 Å². The smallest absolute Gasteiger partial charge is 0.261 e. The van der Waals surface area contributed by atoms with Crippen LogP contribution in [0.15, 0.2) is 42.5 Å². The predicted octanol–water partition coefficient (Wildman–Crippen LogP) is 3.74. The van der Waals surface area contributed by atoms with Gasteiger partial charge in [-0.2, -0.15) is 0 Å². The number of nitrogens with one attached hydrogen (secondary N) is 1. The van der Waals surface area contributed by atoms with Gasteiger partial charge >= 0.3 is 0 Å². The summed E-state index contributed by atoms with van der Waals surface area (Å²) in [7, 11) is 0. The monoisotopic (exact) mass is 380 g/mol. The second-order valence-electron chi connectivity index (χ2n) is 5.54. The molecule has 0 spiro atoms. The van der Waals surface area contributed by atoms with E-state index >= 15 is 0 Å². The van der Waals surface area contributed by atoms with Crippen LogP contribution in [0.3, 0.4) is 0 Å². The van der Waals surface area contributed by atoms with Crippen molar-refractivity contribution < 1.29 is 14.3 Å². The van der Waals surface area contributed by atoms with E-state index in [4.69, 9.17) is 33.7 Å². The third-order valence-corrected chi connectivity index (χ3v) is 4.17. The highest BCUT2D eigenvalue weighted by atomic mass is 35.5. The number of carbonyl (C=O) groups is 2. The zero-order chi connectivity index (χ0) is 18.6. The highest BCUT2D eigenvalue weighted by Crippen LogP contribution is 2.26. The van der Waals surface area contributed by atoms with Crippen LogP contribution in [-0.4, -0.2) is 17.9 Å². The first-order chi connectivity index (χ1) is 11.8. The molecule has 0 heterocycles. The van der Waals surface area contributed by atoms with Gasteiger partial charge in [-0.25, -0.2) is 0 Å². The highest BCUT2D eigenvalue weighted by Gasteiger charge is 2.19. The van der Waals surface area contributed by atoms with Crippen LogP contribution >= 0.6 is 23.2 Å². The number of primary amides is 1. The number of halogens is 2. The van der Waals surface area contributed by atoms with E-state index in [2.05, 4.69) is 5.32 Å². The lowest BCUT2D eigenvalue weighted by atomic mass is 10.1. The summed E-state index contributed by atoms with van der Waals surface area (Å²) < 4.78 is 5.58. The Morgan fingerprint density at radius 2 is 1.72 bits per heavy atom. The van der Waals surface area contributed by atoms with Gasteiger partial charge in [-0.15, -0.1) is 0 Å². The van der Waals surface area contributed by atoms with Gasteiger partial charge in [0, 0.05) is 15.6 Å². The second-order valence-corrected chi connectivity index (χ2v) is 6.39. The number of ether oxygens (including phenoxy) is 1. The Morgan fingerprint density at radius 1 is 1.08 bits per heavy atom. The maximum absolute atomic E-state index is 12.3. The first kappa shape index (κ1) is 19.1. The highest BCUT2D eigenvalue weighted by molar-refractivity contribution is 6.35. The van der Waals surface area contributed by atoms with E-state index in [0.717, 1.165) is 5.56 Å². The summed E-state index contributed by atoms with van der Waals surface area (Å²) in [6, 6.07) is 11.1. The Balaban J connectivity index is 1.98. The van der Waals surface area contributed by atoms with Gasteiger partial charge < -0.3 is 15.8 Å². The van der Waals surface area contributed by atoms with Crippen LogP contribution in [0.5, 0.6) is 5.75 Å². The molecule has 0 bridgehead atoms. The molecule has 132 valence electrons. The minimum absolute atomic E-state index is 0.294. The molecule has 2 atom stereocenters. The van der Waals surface area contributed by atoms with E-state index < -0.39 is 12.0 Å². The van der Waals surface area contributed by atoms with Gasteiger partial charge in [0.2, 0.25) is 5.91 Å². The Bertz CT molecular complexity index is 778. The molecule has 2 rings (SSSR count). The average molecular weight is 381 g/mol. The molecular weight excluding hydrogens is 363 g/mol. The molecule has 5 nitrogen and oxygen atoms in total. The Hall–Kier alpha value is -2.24. The summed E-state index contributed by atoms with van der Waals surface area (Å²) in [5.41, 5.74) is 6.31. The molecule has 0 aromatic heterocycles. The van der Waals surface area contributed by atoms with Crippen LogP contribution in [0.1, 0.15) is 35.8 Å². The van der Waals surface area contributed by atoms with Crippen LogP contribution < -0.4 is 15.8 Å². The molecule has 0 saturated carbocycles. The SMILES string of the molecule is C[C@H](Oc1ccc(C(N)=O)cc1)C(=O)N[C@@H](C)c1ccc(Cl)cc1Cl. The molecule has 25 heavy (non-hydrogen) atoms. The standard InChI is InChI=1S/C18H18Cl2N2O3/c1-10(15-8-5-13(19)9-16(15)20)22-18(24)11(2)25-14-6-3-12(4-7-14)17(21)23/h3-11H,1-2H3,(H2,21,23)(H,22,24)/t10-,11-/m0/s1. The van der Waals surface area contributed by atoms with Crippen molar-refractivity contribution in [3.05, 3.63) is 63.6 Å². The van der Waals surface area contributed by atoms with E-state index in [9.17, 15) is 9.59 Å². The van der Waals surface area contributed by atoms with E-state index in [1.807, 2.05) is 6.92 Å². The third kappa shape index (κ3) is 5.11. The lowest BCUT2D eigenvalue weighted by molar-refractivity contribution is -0.127. The van der Waals surface area contributed by atoms with Crippen LogP contribution in [-0.2, 0) is 4.79 Å². The Morgan fingerprint density at radius 3 is 2.28 bits per heavy atom. The van der Waals surface area contributed by atoms with Crippen molar-refractivity contribution in [1.82, 2.24) is 5.32 Å². The average Bonchev–Trinajstić information content (AvgIpc) is 2.55. The summed E-state index contributed by atoms with van der Waals surface area (Å²) in [6.07, 6.45) is -0.729. The molecule has 7 heteroatoms. The Kier molecular flexibility index (Phi) is 6.28. The van der Waals surface area contributed by atoms with Crippen LogP contribution in [0.4, 0.5) is 0 Å². The van der Waals surface area contributed by atoms with Crippen molar-refractivity contribution in [2.24, 2.45) is 5.73 Å². The number of rotatable bonds is 6. The maximum Gasteiger partial charge on any atom is 0.261 e. The minimum atomic E-state index is -0.729. The molecule has 0 fully saturated rings. The fraction of sp³-hybridized carbons (Fsp3) is 0.222. The zero-order valence-corrected chi connectivity index (χ0v) is 15.3. The fourth-order valence-electron chi connectivity index (χ4n) is 2.22. The summed E-state index contributed by atoms with van der Waals surface area (Å²) in [4.78, 5) is 23.4. The summed E-state index contributed by atoms with van der Waals surface area (Å²) in [5.74, 6) is -0.353. The van der Waals surface area contributed by atoms with Gasteiger partial charge in [0.25, 0.3) is 5.91 Å². The molecule has 0 saturated heterocycles. The molecule has 2 aromatic rings.